The standard InChI is InChI=1S/C22H17F3N4O/c23-22(24,25)16-7-10-20(27-13-16)30-17-8-5-15(6-9-17)11-12-26-21-18-3-1-2-4-19(18)28-14-29-21/h1-10,13-14H,11-12H2,(H,26,28,29). The zero-order valence-corrected chi connectivity index (χ0v) is 15.7. The summed E-state index contributed by atoms with van der Waals surface area (Å²) >= 11 is 0. The Morgan fingerprint density at radius 3 is 2.40 bits per heavy atom. The van der Waals surface area contributed by atoms with Crippen molar-refractivity contribution in [3.63, 3.8) is 0 Å². The largest absolute Gasteiger partial charge is 0.439 e. The van der Waals surface area contributed by atoms with Crippen molar-refractivity contribution in [1.82, 2.24) is 15.0 Å². The molecule has 8 heteroatoms. The number of anilines is 1. The highest BCUT2D eigenvalue weighted by molar-refractivity contribution is 5.88. The summed E-state index contributed by atoms with van der Waals surface area (Å²) in [6.07, 6.45) is -1.37. The average Bonchev–Trinajstić information content (AvgIpc) is 2.75. The fourth-order valence-corrected chi connectivity index (χ4v) is 2.92. The molecular formula is C22H17F3N4O. The third-order valence-electron chi connectivity index (χ3n) is 4.46. The van der Waals surface area contributed by atoms with Crippen LogP contribution in [0.25, 0.3) is 10.9 Å². The summed E-state index contributed by atoms with van der Waals surface area (Å²) in [6, 6.07) is 17.3. The first-order valence-corrected chi connectivity index (χ1v) is 9.23. The zero-order chi connectivity index (χ0) is 21.0. The highest BCUT2D eigenvalue weighted by Gasteiger charge is 2.30. The molecule has 0 aliphatic rings. The van der Waals surface area contributed by atoms with Crippen molar-refractivity contribution in [3.8, 4) is 11.6 Å². The number of aromatic nitrogens is 3. The lowest BCUT2D eigenvalue weighted by atomic mass is 10.1. The topological polar surface area (TPSA) is 59.9 Å². The van der Waals surface area contributed by atoms with E-state index in [1.807, 2.05) is 36.4 Å². The maximum atomic E-state index is 12.6. The van der Waals surface area contributed by atoms with Gasteiger partial charge in [0.25, 0.3) is 0 Å². The van der Waals surface area contributed by atoms with E-state index in [2.05, 4.69) is 20.3 Å². The first-order valence-electron chi connectivity index (χ1n) is 9.23. The number of hydrogen-bond acceptors (Lipinski definition) is 5. The molecule has 0 saturated carbocycles. The molecule has 152 valence electrons. The van der Waals surface area contributed by atoms with Crippen molar-refractivity contribution < 1.29 is 17.9 Å². The van der Waals surface area contributed by atoms with E-state index in [1.54, 1.807) is 12.1 Å². The molecule has 0 saturated heterocycles. The van der Waals surface area contributed by atoms with Crippen LogP contribution in [0.5, 0.6) is 11.6 Å². The number of pyridine rings is 1. The predicted octanol–water partition coefficient (Wildman–Crippen LogP) is 5.49. The Morgan fingerprint density at radius 1 is 0.867 bits per heavy atom. The van der Waals surface area contributed by atoms with Gasteiger partial charge in [-0.25, -0.2) is 15.0 Å². The Hall–Kier alpha value is -3.68. The summed E-state index contributed by atoms with van der Waals surface area (Å²) in [5, 5.41) is 4.29. The number of benzene rings is 2. The van der Waals surface area contributed by atoms with Crippen LogP contribution in [0.2, 0.25) is 0 Å². The van der Waals surface area contributed by atoms with Gasteiger partial charge in [-0.2, -0.15) is 13.2 Å². The van der Waals surface area contributed by atoms with E-state index in [4.69, 9.17) is 4.74 Å². The molecule has 4 rings (SSSR count). The van der Waals surface area contributed by atoms with E-state index < -0.39 is 11.7 Å². The number of hydrogen-bond donors (Lipinski definition) is 1. The van der Waals surface area contributed by atoms with E-state index in [0.29, 0.717) is 12.3 Å². The first-order chi connectivity index (χ1) is 14.5. The zero-order valence-electron chi connectivity index (χ0n) is 15.7. The van der Waals surface area contributed by atoms with Gasteiger partial charge in [0.2, 0.25) is 5.88 Å². The molecule has 0 fully saturated rings. The quantitative estimate of drug-likeness (QED) is 0.455. The normalized spacial score (nSPS) is 11.4. The van der Waals surface area contributed by atoms with Gasteiger partial charge in [-0.3, -0.25) is 0 Å². The molecule has 4 aromatic rings. The van der Waals surface area contributed by atoms with Gasteiger partial charge in [0, 0.05) is 24.2 Å². The third kappa shape index (κ3) is 4.65. The monoisotopic (exact) mass is 410 g/mol. The second-order valence-corrected chi connectivity index (χ2v) is 6.55. The fourth-order valence-electron chi connectivity index (χ4n) is 2.92. The molecule has 0 atom stereocenters. The van der Waals surface area contributed by atoms with E-state index in [-0.39, 0.29) is 5.88 Å². The van der Waals surface area contributed by atoms with E-state index >= 15 is 0 Å². The van der Waals surface area contributed by atoms with Crippen molar-refractivity contribution in [2.45, 2.75) is 12.6 Å². The van der Waals surface area contributed by atoms with Crippen LogP contribution in [0.1, 0.15) is 11.1 Å². The summed E-state index contributed by atoms with van der Waals surface area (Å²) in [5.41, 5.74) is 1.15. The lowest BCUT2D eigenvalue weighted by molar-refractivity contribution is -0.137. The third-order valence-corrected chi connectivity index (χ3v) is 4.46. The number of para-hydroxylation sites is 1. The number of alkyl halides is 3. The minimum Gasteiger partial charge on any atom is -0.439 e. The predicted molar refractivity (Wildman–Crippen MR) is 107 cm³/mol. The van der Waals surface area contributed by atoms with Gasteiger partial charge in [0.05, 0.1) is 11.1 Å². The Kier molecular flexibility index (Phi) is 5.47. The van der Waals surface area contributed by atoms with E-state index in [1.165, 1.54) is 12.4 Å². The van der Waals surface area contributed by atoms with Crippen LogP contribution >= 0.6 is 0 Å². The number of nitrogens with zero attached hydrogens (tertiary/aromatic N) is 3. The lowest BCUT2D eigenvalue weighted by Gasteiger charge is -2.10. The smallest absolute Gasteiger partial charge is 0.417 e. The van der Waals surface area contributed by atoms with Gasteiger partial charge in [-0.15, -0.1) is 0 Å². The molecule has 0 amide bonds. The van der Waals surface area contributed by atoms with Crippen LogP contribution in [-0.2, 0) is 12.6 Å². The van der Waals surface area contributed by atoms with Crippen LogP contribution < -0.4 is 10.1 Å². The number of ether oxygens (including phenoxy) is 1. The molecule has 0 radical (unpaired) electrons. The van der Waals surface area contributed by atoms with Crippen LogP contribution in [-0.4, -0.2) is 21.5 Å². The molecule has 2 heterocycles. The van der Waals surface area contributed by atoms with Gasteiger partial charge in [0.15, 0.2) is 0 Å². The van der Waals surface area contributed by atoms with E-state index in [9.17, 15) is 13.2 Å². The minimum atomic E-state index is -4.42. The minimum absolute atomic E-state index is 0.105. The Bertz CT molecular complexity index is 1120. The van der Waals surface area contributed by atoms with Crippen LogP contribution in [0, 0.1) is 0 Å². The molecule has 0 aliphatic carbocycles. The van der Waals surface area contributed by atoms with Crippen molar-refractivity contribution in [1.29, 1.82) is 0 Å². The van der Waals surface area contributed by atoms with Crippen molar-refractivity contribution >= 4 is 16.7 Å². The number of halogens is 3. The molecule has 0 spiro atoms. The molecule has 2 aromatic carbocycles. The molecule has 2 aromatic heterocycles. The maximum absolute atomic E-state index is 12.6. The van der Waals surface area contributed by atoms with Crippen molar-refractivity contribution in [3.05, 3.63) is 84.3 Å². The molecule has 30 heavy (non-hydrogen) atoms. The lowest BCUT2D eigenvalue weighted by Crippen LogP contribution is -2.07. The SMILES string of the molecule is FC(F)(F)c1ccc(Oc2ccc(CCNc3ncnc4ccccc34)cc2)nc1. The molecule has 5 nitrogen and oxygen atoms in total. The molecule has 0 aliphatic heterocycles. The maximum Gasteiger partial charge on any atom is 0.417 e. The Balaban J connectivity index is 1.33. The molecular weight excluding hydrogens is 393 g/mol. The summed E-state index contributed by atoms with van der Waals surface area (Å²) in [6.45, 7) is 0.682. The second kappa shape index (κ2) is 8.36. The molecule has 0 unspecified atom stereocenters. The Labute approximate surface area is 170 Å². The summed E-state index contributed by atoms with van der Waals surface area (Å²) in [5.74, 6) is 1.39. The van der Waals surface area contributed by atoms with Crippen molar-refractivity contribution in [2.75, 3.05) is 11.9 Å². The van der Waals surface area contributed by atoms with Gasteiger partial charge < -0.3 is 10.1 Å². The average molecular weight is 410 g/mol. The van der Waals surface area contributed by atoms with Gasteiger partial charge in [-0.1, -0.05) is 24.3 Å². The fraction of sp³-hybridized carbons (Fsp3) is 0.136. The summed E-state index contributed by atoms with van der Waals surface area (Å²) < 4.78 is 43.3. The van der Waals surface area contributed by atoms with Crippen LogP contribution in [0.3, 0.4) is 0 Å². The van der Waals surface area contributed by atoms with Crippen LogP contribution in [0.15, 0.2) is 73.2 Å². The number of nitrogens with one attached hydrogen (secondary N) is 1. The highest BCUT2D eigenvalue weighted by Crippen LogP contribution is 2.30. The molecule has 0 bridgehead atoms. The summed E-state index contributed by atoms with van der Waals surface area (Å²) in [4.78, 5) is 12.3. The van der Waals surface area contributed by atoms with Crippen molar-refractivity contribution in [2.24, 2.45) is 0 Å². The second-order valence-electron chi connectivity index (χ2n) is 6.55. The Morgan fingerprint density at radius 2 is 1.67 bits per heavy atom. The first kappa shape index (κ1) is 19.6. The molecule has 1 N–H and O–H groups in total. The highest BCUT2D eigenvalue weighted by atomic mass is 19.4. The number of rotatable bonds is 6. The van der Waals surface area contributed by atoms with E-state index in [0.717, 1.165) is 41.0 Å². The van der Waals surface area contributed by atoms with Crippen LogP contribution in [0.4, 0.5) is 19.0 Å². The van der Waals surface area contributed by atoms with Gasteiger partial charge >= 0.3 is 6.18 Å². The van der Waals surface area contributed by atoms with Gasteiger partial charge in [-0.05, 0) is 42.3 Å². The summed E-state index contributed by atoms with van der Waals surface area (Å²) in [7, 11) is 0. The number of fused-ring (bicyclic) bond motifs is 1. The van der Waals surface area contributed by atoms with Gasteiger partial charge in [0.1, 0.15) is 17.9 Å².